The Morgan fingerprint density at radius 1 is 1.42 bits per heavy atom. The quantitative estimate of drug-likeness (QED) is 0.896. The highest BCUT2D eigenvalue weighted by Crippen LogP contribution is 2.28. The van der Waals surface area contributed by atoms with E-state index in [9.17, 15) is 8.42 Å². The van der Waals surface area contributed by atoms with E-state index in [1.807, 2.05) is 0 Å². The molecule has 0 bridgehead atoms. The third-order valence-electron chi connectivity index (χ3n) is 3.54. The zero-order valence-electron chi connectivity index (χ0n) is 10.9. The fourth-order valence-electron chi connectivity index (χ4n) is 2.49. The van der Waals surface area contributed by atoms with Gasteiger partial charge >= 0.3 is 0 Å². The topological polar surface area (TPSA) is 72.2 Å². The van der Waals surface area contributed by atoms with Gasteiger partial charge in [0.1, 0.15) is 4.90 Å². The van der Waals surface area contributed by atoms with Crippen molar-refractivity contribution < 1.29 is 8.42 Å². The van der Waals surface area contributed by atoms with Gasteiger partial charge in [0.15, 0.2) is 0 Å². The van der Waals surface area contributed by atoms with Crippen LogP contribution in [0.5, 0.6) is 0 Å². The fraction of sp³-hybridized carbons (Fsp3) is 0.538. The van der Waals surface area contributed by atoms with Gasteiger partial charge in [-0.3, -0.25) is 0 Å². The highest BCUT2D eigenvalue weighted by molar-refractivity contribution is 7.89. The number of hydrogen-bond donors (Lipinski definition) is 2. The molecule has 0 amide bonds. The summed E-state index contributed by atoms with van der Waals surface area (Å²) >= 11 is 6.03. The third kappa shape index (κ3) is 3.48. The van der Waals surface area contributed by atoms with Crippen molar-refractivity contribution in [3.8, 4) is 0 Å². The van der Waals surface area contributed by atoms with E-state index in [0.717, 1.165) is 24.8 Å². The van der Waals surface area contributed by atoms with Gasteiger partial charge in [-0.25, -0.2) is 13.1 Å². The summed E-state index contributed by atoms with van der Waals surface area (Å²) in [7, 11) is -3.55. The predicted octanol–water partition coefficient (Wildman–Crippen LogP) is 2.27. The van der Waals surface area contributed by atoms with Crippen LogP contribution in [0.4, 0.5) is 0 Å². The Kier molecular flexibility index (Phi) is 4.50. The number of nitrogens with one attached hydrogen (secondary N) is 1. The minimum absolute atomic E-state index is 0.0188. The molecular weight excluding hydrogens is 284 g/mol. The predicted molar refractivity (Wildman–Crippen MR) is 76.5 cm³/mol. The molecule has 6 heteroatoms. The van der Waals surface area contributed by atoms with Crippen LogP contribution in [-0.2, 0) is 16.6 Å². The van der Waals surface area contributed by atoms with Gasteiger partial charge in [-0.2, -0.15) is 0 Å². The van der Waals surface area contributed by atoms with Crippen molar-refractivity contribution in [2.24, 2.45) is 11.7 Å². The largest absolute Gasteiger partial charge is 0.326 e. The molecule has 0 saturated heterocycles. The Balaban J connectivity index is 2.19. The summed E-state index contributed by atoms with van der Waals surface area (Å²) < 4.78 is 27.3. The van der Waals surface area contributed by atoms with Crippen LogP contribution >= 0.6 is 11.6 Å². The van der Waals surface area contributed by atoms with Crippen LogP contribution < -0.4 is 10.5 Å². The van der Waals surface area contributed by atoms with Gasteiger partial charge in [0.25, 0.3) is 0 Å². The van der Waals surface area contributed by atoms with Crippen LogP contribution in [0.2, 0.25) is 5.02 Å². The van der Waals surface area contributed by atoms with Crippen molar-refractivity contribution >= 4 is 21.6 Å². The molecule has 1 saturated carbocycles. The first-order chi connectivity index (χ1) is 8.92. The van der Waals surface area contributed by atoms with Crippen molar-refractivity contribution in [2.75, 3.05) is 0 Å². The molecule has 1 fully saturated rings. The van der Waals surface area contributed by atoms with Crippen LogP contribution in [0.25, 0.3) is 0 Å². The Morgan fingerprint density at radius 2 is 2.16 bits per heavy atom. The second-order valence-electron chi connectivity index (χ2n) is 5.21. The SMILES string of the molecule is CC1CCC(NS(=O)(=O)c2ccc(CN)cc2Cl)C1. The Hall–Kier alpha value is -0.620. The van der Waals surface area contributed by atoms with E-state index < -0.39 is 10.0 Å². The molecule has 0 spiro atoms. The number of benzene rings is 1. The molecule has 19 heavy (non-hydrogen) atoms. The van der Waals surface area contributed by atoms with E-state index in [0.29, 0.717) is 12.5 Å². The first-order valence-corrected chi connectivity index (χ1v) is 8.29. The smallest absolute Gasteiger partial charge is 0.242 e. The van der Waals surface area contributed by atoms with Gasteiger partial charge in [-0.15, -0.1) is 0 Å². The second-order valence-corrected chi connectivity index (χ2v) is 7.29. The van der Waals surface area contributed by atoms with E-state index in [4.69, 9.17) is 17.3 Å². The third-order valence-corrected chi connectivity index (χ3v) is 5.54. The average Bonchev–Trinajstić information content (AvgIpc) is 2.73. The molecule has 1 aromatic carbocycles. The Morgan fingerprint density at radius 3 is 2.68 bits per heavy atom. The van der Waals surface area contributed by atoms with E-state index in [2.05, 4.69) is 11.6 Å². The summed E-state index contributed by atoms with van der Waals surface area (Å²) in [5.41, 5.74) is 6.32. The highest BCUT2D eigenvalue weighted by atomic mass is 35.5. The maximum absolute atomic E-state index is 12.3. The summed E-state index contributed by atoms with van der Waals surface area (Å²) in [4.78, 5) is 0.130. The molecule has 1 aliphatic carbocycles. The lowest BCUT2D eigenvalue weighted by Gasteiger charge is -2.14. The number of sulfonamides is 1. The number of rotatable bonds is 4. The normalized spacial score (nSPS) is 23.7. The van der Waals surface area contributed by atoms with Gasteiger partial charge in [0.2, 0.25) is 10.0 Å². The molecule has 2 atom stereocenters. The molecular formula is C13H19ClN2O2S. The lowest BCUT2D eigenvalue weighted by atomic mass is 10.1. The maximum Gasteiger partial charge on any atom is 0.242 e. The van der Waals surface area contributed by atoms with E-state index in [-0.39, 0.29) is 16.0 Å². The standard InChI is InChI=1S/C13H19ClN2O2S/c1-9-2-4-11(6-9)16-19(17,18)13-5-3-10(8-15)7-12(13)14/h3,5,7,9,11,16H,2,4,6,8,15H2,1H3. The molecule has 0 radical (unpaired) electrons. The van der Waals surface area contributed by atoms with Crippen molar-refractivity contribution in [3.05, 3.63) is 28.8 Å². The van der Waals surface area contributed by atoms with Crippen molar-refractivity contribution in [1.82, 2.24) is 4.72 Å². The van der Waals surface area contributed by atoms with Crippen molar-refractivity contribution in [1.29, 1.82) is 0 Å². The molecule has 1 aliphatic rings. The lowest BCUT2D eigenvalue weighted by molar-refractivity contribution is 0.538. The monoisotopic (exact) mass is 302 g/mol. The summed E-state index contributed by atoms with van der Waals surface area (Å²) in [5.74, 6) is 0.572. The molecule has 0 aliphatic heterocycles. The molecule has 0 heterocycles. The first kappa shape index (κ1) is 14.8. The Labute approximate surface area is 119 Å². The zero-order chi connectivity index (χ0) is 14.0. The van der Waals surface area contributed by atoms with Crippen LogP contribution in [-0.4, -0.2) is 14.5 Å². The van der Waals surface area contributed by atoms with Gasteiger partial charge in [0.05, 0.1) is 5.02 Å². The van der Waals surface area contributed by atoms with Crippen LogP contribution in [0.3, 0.4) is 0 Å². The molecule has 4 nitrogen and oxygen atoms in total. The van der Waals surface area contributed by atoms with Crippen molar-refractivity contribution in [3.63, 3.8) is 0 Å². The van der Waals surface area contributed by atoms with E-state index in [1.54, 1.807) is 12.1 Å². The Bertz CT molecular complexity index is 560. The van der Waals surface area contributed by atoms with E-state index in [1.165, 1.54) is 6.07 Å². The number of hydrogen-bond acceptors (Lipinski definition) is 3. The molecule has 2 rings (SSSR count). The maximum atomic E-state index is 12.3. The van der Waals surface area contributed by atoms with E-state index >= 15 is 0 Å². The minimum Gasteiger partial charge on any atom is -0.326 e. The number of halogens is 1. The second kappa shape index (κ2) is 5.79. The summed E-state index contributed by atoms with van der Waals surface area (Å²) in [6, 6.07) is 4.83. The van der Waals surface area contributed by atoms with Crippen LogP contribution in [0, 0.1) is 5.92 Å². The summed E-state index contributed by atoms with van der Waals surface area (Å²) in [6.07, 6.45) is 2.84. The summed E-state index contributed by atoms with van der Waals surface area (Å²) in [5, 5.41) is 0.224. The van der Waals surface area contributed by atoms with Crippen LogP contribution in [0.1, 0.15) is 31.7 Å². The zero-order valence-corrected chi connectivity index (χ0v) is 12.5. The highest BCUT2D eigenvalue weighted by Gasteiger charge is 2.27. The van der Waals surface area contributed by atoms with Crippen LogP contribution in [0.15, 0.2) is 23.1 Å². The van der Waals surface area contributed by atoms with Gasteiger partial charge < -0.3 is 5.73 Å². The average molecular weight is 303 g/mol. The lowest BCUT2D eigenvalue weighted by Crippen LogP contribution is -2.33. The van der Waals surface area contributed by atoms with Gasteiger partial charge in [0, 0.05) is 12.6 Å². The molecule has 3 N–H and O–H groups in total. The number of nitrogens with two attached hydrogens (primary N) is 1. The molecule has 2 unspecified atom stereocenters. The summed E-state index contributed by atoms with van der Waals surface area (Å²) in [6.45, 7) is 2.48. The van der Waals surface area contributed by atoms with Gasteiger partial charge in [-0.1, -0.05) is 24.6 Å². The first-order valence-electron chi connectivity index (χ1n) is 6.43. The molecule has 106 valence electrons. The fourth-order valence-corrected chi connectivity index (χ4v) is 4.34. The minimum atomic E-state index is -3.55. The molecule has 0 aromatic heterocycles. The van der Waals surface area contributed by atoms with Gasteiger partial charge in [-0.05, 0) is 42.9 Å². The van der Waals surface area contributed by atoms with Crippen molar-refractivity contribution in [2.45, 2.75) is 43.7 Å². The molecule has 1 aromatic rings.